The zero-order valence-electron chi connectivity index (χ0n) is 16.1. The lowest BCUT2D eigenvalue weighted by molar-refractivity contribution is -0.361. The van der Waals surface area contributed by atoms with Crippen LogP contribution in [-0.2, 0) is 6.61 Å². The second kappa shape index (κ2) is 10.0. The minimum Gasteiger partial charge on any atom is -0.490 e. The smallest absolute Gasteiger partial charge is 0.462 e. The van der Waals surface area contributed by atoms with E-state index in [0.29, 0.717) is 16.7 Å². The third-order valence-corrected chi connectivity index (χ3v) is 4.33. The SMILES string of the molecule is CCOc1cc(/C=N/NC(F)(F)C(F)(F)C(F)(F)F)cc(Cl)c1OCc1ccc(Cl)cc1. The Balaban J connectivity index is 2.20. The van der Waals surface area contributed by atoms with E-state index in [4.69, 9.17) is 32.7 Å². The zero-order valence-corrected chi connectivity index (χ0v) is 17.6. The van der Waals surface area contributed by atoms with E-state index in [-0.39, 0.29) is 35.3 Å². The first kappa shape index (κ1) is 25.9. The Kier molecular flexibility index (Phi) is 8.11. The van der Waals surface area contributed by atoms with Gasteiger partial charge in [-0.1, -0.05) is 35.3 Å². The second-order valence-electron chi connectivity index (χ2n) is 6.19. The van der Waals surface area contributed by atoms with E-state index < -0.39 is 18.1 Å². The van der Waals surface area contributed by atoms with Crippen molar-refractivity contribution < 1.29 is 40.2 Å². The van der Waals surface area contributed by atoms with Crippen LogP contribution in [0.5, 0.6) is 11.5 Å². The van der Waals surface area contributed by atoms with Gasteiger partial charge in [0.1, 0.15) is 6.61 Å². The molecule has 2 rings (SSSR count). The molecule has 0 heterocycles. The number of nitrogens with zero attached hydrogens (tertiary/aromatic N) is 1. The fourth-order valence-corrected chi connectivity index (χ4v) is 2.64. The second-order valence-corrected chi connectivity index (χ2v) is 7.04. The summed E-state index contributed by atoms with van der Waals surface area (Å²) in [6.45, 7) is 1.87. The fraction of sp³-hybridized carbons (Fsp3) is 0.316. The van der Waals surface area contributed by atoms with Crippen LogP contribution in [-0.4, -0.2) is 31.0 Å². The van der Waals surface area contributed by atoms with Crippen LogP contribution in [0.3, 0.4) is 0 Å². The summed E-state index contributed by atoms with van der Waals surface area (Å²) >= 11 is 11.9. The van der Waals surface area contributed by atoms with Crippen LogP contribution in [0.2, 0.25) is 10.0 Å². The van der Waals surface area contributed by atoms with Crippen LogP contribution in [0.25, 0.3) is 0 Å². The summed E-state index contributed by atoms with van der Waals surface area (Å²) in [5.74, 6) is -6.17. The molecule has 1 N–H and O–H groups in total. The summed E-state index contributed by atoms with van der Waals surface area (Å²) in [5, 5.41) is 3.28. The number of ether oxygens (including phenoxy) is 2. The largest absolute Gasteiger partial charge is 0.490 e. The first-order chi connectivity index (χ1) is 14.8. The molecular formula is C19H15Cl2F7N2O2. The highest BCUT2D eigenvalue weighted by Crippen LogP contribution is 2.45. The molecule has 32 heavy (non-hydrogen) atoms. The van der Waals surface area contributed by atoms with E-state index in [1.165, 1.54) is 12.1 Å². The van der Waals surface area contributed by atoms with E-state index in [1.807, 2.05) is 0 Å². The molecule has 13 heteroatoms. The van der Waals surface area contributed by atoms with Crippen LogP contribution in [0.1, 0.15) is 18.1 Å². The van der Waals surface area contributed by atoms with Gasteiger partial charge in [-0.3, -0.25) is 0 Å². The third kappa shape index (κ3) is 6.10. The van der Waals surface area contributed by atoms with Crippen molar-refractivity contribution in [3.05, 3.63) is 57.6 Å². The first-order valence-corrected chi connectivity index (χ1v) is 9.50. The van der Waals surface area contributed by atoms with Crippen molar-refractivity contribution in [2.45, 2.75) is 31.7 Å². The van der Waals surface area contributed by atoms with Gasteiger partial charge in [0.15, 0.2) is 11.5 Å². The summed E-state index contributed by atoms with van der Waals surface area (Å²) in [5.41, 5.74) is 1.25. The molecule has 0 aliphatic heterocycles. The highest BCUT2D eigenvalue weighted by atomic mass is 35.5. The normalized spacial score (nSPS) is 12.8. The summed E-state index contributed by atoms with van der Waals surface area (Å²) < 4.78 is 99.8. The molecule has 0 aromatic heterocycles. The summed E-state index contributed by atoms with van der Waals surface area (Å²) in [6.07, 6.45) is -5.90. The molecule has 0 bridgehead atoms. The quantitative estimate of drug-likeness (QED) is 0.178. The van der Waals surface area contributed by atoms with Crippen molar-refractivity contribution in [3.63, 3.8) is 0 Å². The molecule has 176 valence electrons. The van der Waals surface area contributed by atoms with Gasteiger partial charge in [-0.15, -0.1) is 0 Å². The van der Waals surface area contributed by atoms with Crippen molar-refractivity contribution in [2.24, 2.45) is 5.10 Å². The standard InChI is InChI=1S/C19H15Cl2F7N2O2/c1-2-31-15-8-12(9-29-30-19(27,28)17(22,23)18(24,25)26)7-14(21)16(15)32-10-11-3-5-13(20)6-4-11/h3-9,30H,2,10H2,1H3/b29-9+. The molecule has 0 fully saturated rings. The molecule has 0 saturated carbocycles. The Labute approximate surface area is 187 Å². The van der Waals surface area contributed by atoms with Gasteiger partial charge in [0, 0.05) is 5.02 Å². The molecule has 0 atom stereocenters. The zero-order chi connectivity index (χ0) is 24.2. The van der Waals surface area contributed by atoms with E-state index in [0.717, 1.165) is 5.56 Å². The molecule has 0 saturated heterocycles. The van der Waals surface area contributed by atoms with Gasteiger partial charge in [-0.25, -0.2) is 5.43 Å². The van der Waals surface area contributed by atoms with Gasteiger partial charge >= 0.3 is 18.1 Å². The number of hydrazone groups is 1. The molecular weight excluding hydrogens is 492 g/mol. The van der Waals surface area contributed by atoms with Crippen molar-refractivity contribution in [2.75, 3.05) is 6.61 Å². The fourth-order valence-electron chi connectivity index (χ4n) is 2.24. The predicted molar refractivity (Wildman–Crippen MR) is 105 cm³/mol. The maximum Gasteiger partial charge on any atom is 0.462 e. The van der Waals surface area contributed by atoms with E-state index in [2.05, 4.69) is 5.10 Å². The Bertz CT molecular complexity index is 952. The molecule has 0 unspecified atom stereocenters. The molecule has 0 aliphatic carbocycles. The minimum absolute atomic E-state index is 0.0316. The van der Waals surface area contributed by atoms with E-state index >= 15 is 0 Å². The van der Waals surface area contributed by atoms with Gasteiger partial charge in [0.2, 0.25) is 0 Å². The molecule has 0 aliphatic rings. The average Bonchev–Trinajstić information content (AvgIpc) is 2.68. The molecule has 4 nitrogen and oxygen atoms in total. The molecule has 2 aromatic carbocycles. The van der Waals surface area contributed by atoms with Gasteiger partial charge in [-0.05, 0) is 42.3 Å². The van der Waals surface area contributed by atoms with E-state index in [9.17, 15) is 30.7 Å². The average molecular weight is 507 g/mol. The third-order valence-electron chi connectivity index (χ3n) is 3.80. The van der Waals surface area contributed by atoms with Crippen molar-refractivity contribution >= 4 is 29.4 Å². The van der Waals surface area contributed by atoms with Gasteiger partial charge in [0.25, 0.3) is 0 Å². The van der Waals surface area contributed by atoms with Crippen molar-refractivity contribution in [1.29, 1.82) is 0 Å². The van der Waals surface area contributed by atoms with Gasteiger partial charge in [0.05, 0.1) is 17.8 Å². The van der Waals surface area contributed by atoms with Crippen LogP contribution in [0.4, 0.5) is 30.7 Å². The van der Waals surface area contributed by atoms with Crippen LogP contribution >= 0.6 is 23.2 Å². The highest BCUT2D eigenvalue weighted by molar-refractivity contribution is 6.32. The number of benzene rings is 2. The first-order valence-electron chi connectivity index (χ1n) is 8.74. The lowest BCUT2D eigenvalue weighted by Crippen LogP contribution is -2.58. The van der Waals surface area contributed by atoms with Gasteiger partial charge in [-0.2, -0.15) is 35.8 Å². The van der Waals surface area contributed by atoms with Gasteiger partial charge < -0.3 is 9.47 Å². The van der Waals surface area contributed by atoms with E-state index in [1.54, 1.807) is 31.2 Å². The number of rotatable bonds is 9. The molecule has 0 spiro atoms. The lowest BCUT2D eigenvalue weighted by atomic mass is 10.2. The maximum atomic E-state index is 13.3. The number of nitrogens with one attached hydrogen (secondary N) is 1. The molecule has 2 aromatic rings. The number of halogens is 9. The Morgan fingerprint density at radius 1 is 0.969 bits per heavy atom. The van der Waals surface area contributed by atoms with Crippen LogP contribution in [0, 0.1) is 0 Å². The number of alkyl halides is 7. The lowest BCUT2D eigenvalue weighted by Gasteiger charge is -2.27. The Morgan fingerprint density at radius 3 is 2.16 bits per heavy atom. The summed E-state index contributed by atoms with van der Waals surface area (Å²) in [7, 11) is 0. The monoisotopic (exact) mass is 506 g/mol. The summed E-state index contributed by atoms with van der Waals surface area (Å²) in [6, 6.07) is 3.44. The minimum atomic E-state index is -6.48. The van der Waals surface area contributed by atoms with Crippen LogP contribution < -0.4 is 14.9 Å². The topological polar surface area (TPSA) is 42.8 Å². The highest BCUT2D eigenvalue weighted by Gasteiger charge is 2.73. The van der Waals surface area contributed by atoms with Crippen molar-refractivity contribution in [1.82, 2.24) is 5.43 Å². The maximum absolute atomic E-state index is 13.3. The molecule has 0 amide bonds. The summed E-state index contributed by atoms with van der Waals surface area (Å²) in [4.78, 5) is 0. The predicted octanol–water partition coefficient (Wildman–Crippen LogP) is 6.69. The van der Waals surface area contributed by atoms with Crippen LogP contribution in [0.15, 0.2) is 41.5 Å². The Hall–Kier alpha value is -2.40. The Morgan fingerprint density at radius 2 is 1.59 bits per heavy atom. The molecule has 0 radical (unpaired) electrons. The number of hydrogen-bond donors (Lipinski definition) is 1. The number of hydrogen-bond acceptors (Lipinski definition) is 4. The van der Waals surface area contributed by atoms with Crippen molar-refractivity contribution in [3.8, 4) is 11.5 Å².